The van der Waals surface area contributed by atoms with Crippen LogP contribution in [0, 0.1) is 0 Å². The van der Waals surface area contributed by atoms with Crippen LogP contribution >= 0.6 is 11.8 Å². The van der Waals surface area contributed by atoms with E-state index in [2.05, 4.69) is 6.08 Å². The standard InChI is InChI=1S/C10H16OS/c11-10(6-2-1-3-7-10)9-5-4-8-12-9/h5,11H,1-4,6-8H2. The van der Waals surface area contributed by atoms with E-state index in [1.54, 1.807) is 0 Å². The summed E-state index contributed by atoms with van der Waals surface area (Å²) in [6, 6.07) is 0. The maximum absolute atomic E-state index is 10.3. The Balaban J connectivity index is 2.07. The highest BCUT2D eigenvalue weighted by atomic mass is 32.2. The topological polar surface area (TPSA) is 20.2 Å². The average Bonchev–Trinajstić information content (AvgIpc) is 2.58. The second-order valence-electron chi connectivity index (χ2n) is 3.80. The molecule has 0 aromatic heterocycles. The number of aliphatic hydroxyl groups is 1. The first-order valence-corrected chi connectivity index (χ1v) is 5.86. The van der Waals surface area contributed by atoms with Gasteiger partial charge in [0, 0.05) is 10.7 Å². The van der Waals surface area contributed by atoms with Crippen molar-refractivity contribution in [3.63, 3.8) is 0 Å². The zero-order chi connectivity index (χ0) is 8.44. The van der Waals surface area contributed by atoms with Crippen molar-refractivity contribution < 1.29 is 5.11 Å². The van der Waals surface area contributed by atoms with Gasteiger partial charge in [0.15, 0.2) is 0 Å². The van der Waals surface area contributed by atoms with Crippen LogP contribution in [0.4, 0.5) is 0 Å². The molecule has 0 aromatic rings. The molecule has 1 aliphatic heterocycles. The fraction of sp³-hybridized carbons (Fsp3) is 0.800. The fourth-order valence-electron chi connectivity index (χ4n) is 2.13. The molecule has 0 amide bonds. The van der Waals surface area contributed by atoms with Gasteiger partial charge in [0.05, 0.1) is 5.60 Å². The summed E-state index contributed by atoms with van der Waals surface area (Å²) in [7, 11) is 0. The Bertz CT molecular complexity index is 192. The molecule has 0 saturated heterocycles. The van der Waals surface area contributed by atoms with E-state index in [1.165, 1.54) is 29.9 Å². The minimum Gasteiger partial charge on any atom is -0.385 e. The molecule has 1 fully saturated rings. The second kappa shape index (κ2) is 3.43. The molecule has 0 bridgehead atoms. The first-order chi connectivity index (χ1) is 5.81. The van der Waals surface area contributed by atoms with Crippen LogP contribution in [0.15, 0.2) is 11.0 Å². The van der Waals surface area contributed by atoms with E-state index in [0.717, 1.165) is 19.3 Å². The molecule has 2 heteroatoms. The number of thioether (sulfide) groups is 1. The number of rotatable bonds is 1. The van der Waals surface area contributed by atoms with Crippen molar-refractivity contribution >= 4 is 11.8 Å². The summed E-state index contributed by atoms with van der Waals surface area (Å²) in [6.07, 6.45) is 9.08. The Morgan fingerprint density at radius 2 is 2.00 bits per heavy atom. The highest BCUT2D eigenvalue weighted by molar-refractivity contribution is 8.03. The number of hydrogen-bond donors (Lipinski definition) is 1. The zero-order valence-electron chi connectivity index (χ0n) is 7.38. The molecule has 0 unspecified atom stereocenters. The van der Waals surface area contributed by atoms with E-state index in [1.807, 2.05) is 11.8 Å². The molecular formula is C10H16OS. The Kier molecular flexibility index (Phi) is 2.47. The average molecular weight is 184 g/mol. The van der Waals surface area contributed by atoms with Crippen LogP contribution in [0.5, 0.6) is 0 Å². The third-order valence-electron chi connectivity index (χ3n) is 2.84. The van der Waals surface area contributed by atoms with E-state index in [0.29, 0.717) is 0 Å². The lowest BCUT2D eigenvalue weighted by molar-refractivity contribution is 0.0477. The van der Waals surface area contributed by atoms with Crippen molar-refractivity contribution in [2.45, 2.75) is 44.1 Å². The van der Waals surface area contributed by atoms with Crippen LogP contribution in [0.1, 0.15) is 38.5 Å². The van der Waals surface area contributed by atoms with Gasteiger partial charge in [-0.05, 0) is 19.3 Å². The molecule has 1 heterocycles. The van der Waals surface area contributed by atoms with Crippen LogP contribution in [0.25, 0.3) is 0 Å². The van der Waals surface area contributed by atoms with Gasteiger partial charge in [-0.25, -0.2) is 0 Å². The first-order valence-electron chi connectivity index (χ1n) is 4.87. The smallest absolute Gasteiger partial charge is 0.0951 e. The van der Waals surface area contributed by atoms with Gasteiger partial charge >= 0.3 is 0 Å². The molecule has 0 radical (unpaired) electrons. The molecular weight excluding hydrogens is 168 g/mol. The van der Waals surface area contributed by atoms with Gasteiger partial charge in [0.2, 0.25) is 0 Å². The third-order valence-corrected chi connectivity index (χ3v) is 4.14. The SMILES string of the molecule is OC1(C2=CCCS2)CCCCC1. The molecule has 68 valence electrons. The van der Waals surface area contributed by atoms with Crippen molar-refractivity contribution in [3.05, 3.63) is 11.0 Å². The van der Waals surface area contributed by atoms with Gasteiger partial charge in [-0.3, -0.25) is 0 Å². The molecule has 1 N–H and O–H groups in total. The van der Waals surface area contributed by atoms with Crippen molar-refractivity contribution in [2.24, 2.45) is 0 Å². The van der Waals surface area contributed by atoms with Crippen LogP contribution in [-0.2, 0) is 0 Å². The summed E-state index contributed by atoms with van der Waals surface area (Å²) < 4.78 is 0. The maximum Gasteiger partial charge on any atom is 0.0951 e. The quantitative estimate of drug-likeness (QED) is 0.676. The van der Waals surface area contributed by atoms with E-state index >= 15 is 0 Å². The summed E-state index contributed by atoms with van der Waals surface area (Å²) in [6.45, 7) is 0. The minimum atomic E-state index is -0.417. The van der Waals surface area contributed by atoms with E-state index in [9.17, 15) is 5.11 Å². The van der Waals surface area contributed by atoms with Crippen LogP contribution < -0.4 is 0 Å². The van der Waals surface area contributed by atoms with E-state index in [4.69, 9.17) is 0 Å². The highest BCUT2D eigenvalue weighted by Crippen LogP contribution is 2.42. The summed E-state index contributed by atoms with van der Waals surface area (Å²) in [5.74, 6) is 1.18. The highest BCUT2D eigenvalue weighted by Gasteiger charge is 2.34. The third kappa shape index (κ3) is 1.55. The lowest BCUT2D eigenvalue weighted by Crippen LogP contribution is -2.31. The number of allylic oxidation sites excluding steroid dienone is 1. The molecule has 1 aliphatic carbocycles. The van der Waals surface area contributed by atoms with E-state index in [-0.39, 0.29) is 0 Å². The predicted molar refractivity (Wildman–Crippen MR) is 53.2 cm³/mol. The Morgan fingerprint density at radius 1 is 1.25 bits per heavy atom. The van der Waals surface area contributed by atoms with Gasteiger partial charge in [0.1, 0.15) is 0 Å². The largest absolute Gasteiger partial charge is 0.385 e. The zero-order valence-corrected chi connectivity index (χ0v) is 8.20. The predicted octanol–water partition coefficient (Wildman–Crippen LogP) is 2.70. The lowest BCUT2D eigenvalue weighted by atomic mass is 9.84. The molecule has 1 nitrogen and oxygen atoms in total. The molecule has 1 saturated carbocycles. The summed E-state index contributed by atoms with van der Waals surface area (Å²) >= 11 is 1.86. The summed E-state index contributed by atoms with van der Waals surface area (Å²) in [5, 5.41) is 10.3. The summed E-state index contributed by atoms with van der Waals surface area (Å²) in [4.78, 5) is 1.27. The minimum absolute atomic E-state index is 0.417. The van der Waals surface area contributed by atoms with Gasteiger partial charge < -0.3 is 5.11 Å². The van der Waals surface area contributed by atoms with Crippen molar-refractivity contribution in [3.8, 4) is 0 Å². The Hall–Kier alpha value is 0.0500. The molecule has 2 aliphatic rings. The fourth-order valence-corrected chi connectivity index (χ4v) is 3.29. The van der Waals surface area contributed by atoms with E-state index < -0.39 is 5.60 Å². The van der Waals surface area contributed by atoms with Gasteiger partial charge in [-0.1, -0.05) is 25.3 Å². The van der Waals surface area contributed by atoms with Crippen LogP contribution in [0.3, 0.4) is 0 Å². The molecule has 2 rings (SSSR count). The summed E-state index contributed by atoms with van der Waals surface area (Å²) in [5.41, 5.74) is -0.417. The monoisotopic (exact) mass is 184 g/mol. The van der Waals surface area contributed by atoms with Crippen molar-refractivity contribution in [2.75, 3.05) is 5.75 Å². The van der Waals surface area contributed by atoms with Gasteiger partial charge in [-0.2, -0.15) is 0 Å². The Morgan fingerprint density at radius 3 is 2.58 bits per heavy atom. The molecule has 0 aromatic carbocycles. The molecule has 0 spiro atoms. The first kappa shape index (κ1) is 8.64. The van der Waals surface area contributed by atoms with Crippen LogP contribution in [-0.4, -0.2) is 16.5 Å². The number of hydrogen-bond acceptors (Lipinski definition) is 2. The second-order valence-corrected chi connectivity index (χ2v) is 4.93. The molecule has 12 heavy (non-hydrogen) atoms. The van der Waals surface area contributed by atoms with Crippen molar-refractivity contribution in [1.29, 1.82) is 0 Å². The van der Waals surface area contributed by atoms with Crippen LogP contribution in [0.2, 0.25) is 0 Å². The maximum atomic E-state index is 10.3. The van der Waals surface area contributed by atoms with Crippen molar-refractivity contribution in [1.82, 2.24) is 0 Å². The Labute approximate surface area is 78.2 Å². The van der Waals surface area contributed by atoms with Gasteiger partial charge in [-0.15, -0.1) is 11.8 Å². The van der Waals surface area contributed by atoms with Gasteiger partial charge in [0.25, 0.3) is 0 Å². The molecule has 0 atom stereocenters. The lowest BCUT2D eigenvalue weighted by Gasteiger charge is -2.32. The normalized spacial score (nSPS) is 28.6.